The predicted molar refractivity (Wildman–Crippen MR) is 55.9 cm³/mol. The minimum Gasteiger partial charge on any atom is -0.473 e. The normalized spacial score (nSPS) is 21.8. The number of carbonyl (C=O) groups is 1. The Hall–Kier alpha value is -1.68. The van der Waals surface area contributed by atoms with Crippen molar-refractivity contribution in [3.63, 3.8) is 0 Å². The molecule has 0 aliphatic carbocycles. The monoisotopic (exact) mass is 220 g/mol. The number of carbonyl (C=O) groups excluding carboxylic acids is 1. The van der Waals surface area contributed by atoms with Gasteiger partial charge in [0, 0.05) is 10.6 Å². The van der Waals surface area contributed by atoms with Crippen LogP contribution in [0.25, 0.3) is 0 Å². The third-order valence-electron chi connectivity index (χ3n) is 2.32. The van der Waals surface area contributed by atoms with Crippen LogP contribution in [0.3, 0.4) is 0 Å². The number of fused-ring (bicyclic) bond motifs is 3. The van der Waals surface area contributed by atoms with Crippen molar-refractivity contribution in [1.82, 2.24) is 0 Å². The van der Waals surface area contributed by atoms with Crippen LogP contribution >= 0.6 is 11.6 Å². The van der Waals surface area contributed by atoms with Gasteiger partial charge in [-0.1, -0.05) is 11.6 Å². The molecule has 4 nitrogen and oxygen atoms in total. The van der Waals surface area contributed by atoms with Crippen molar-refractivity contribution < 1.29 is 9.53 Å². The molecule has 5 heteroatoms. The van der Waals surface area contributed by atoms with Gasteiger partial charge >= 0.3 is 0 Å². The minimum absolute atomic E-state index is 0.327. The molecule has 1 atom stereocenters. The fourth-order valence-corrected chi connectivity index (χ4v) is 1.82. The van der Waals surface area contributed by atoms with Gasteiger partial charge in [0.1, 0.15) is 17.8 Å². The van der Waals surface area contributed by atoms with Gasteiger partial charge in [-0.3, -0.25) is 4.79 Å². The summed E-state index contributed by atoms with van der Waals surface area (Å²) < 4.78 is 5.43. The highest BCUT2D eigenvalue weighted by atomic mass is 35.5. The average Bonchev–Trinajstić information content (AvgIpc) is 2.58. The van der Waals surface area contributed by atoms with E-state index in [1.54, 1.807) is 18.2 Å². The van der Waals surface area contributed by atoms with Crippen molar-refractivity contribution in [2.75, 3.05) is 0 Å². The Bertz CT molecular complexity index is 522. The molecule has 1 aromatic rings. The van der Waals surface area contributed by atoms with Gasteiger partial charge in [0.15, 0.2) is 0 Å². The molecule has 0 aromatic heterocycles. The zero-order valence-electron chi connectivity index (χ0n) is 7.48. The Morgan fingerprint density at radius 1 is 1.40 bits per heavy atom. The van der Waals surface area contributed by atoms with Crippen LogP contribution in [0.5, 0.6) is 5.75 Å². The molecular formula is C10H5ClN2O2. The Labute approximate surface area is 90.2 Å². The van der Waals surface area contributed by atoms with Gasteiger partial charge in [-0.25, -0.2) is 4.99 Å². The first-order valence-corrected chi connectivity index (χ1v) is 4.74. The largest absolute Gasteiger partial charge is 0.473 e. The van der Waals surface area contributed by atoms with E-state index >= 15 is 0 Å². The summed E-state index contributed by atoms with van der Waals surface area (Å²) in [5.74, 6) is 0.300. The maximum absolute atomic E-state index is 11.4. The van der Waals surface area contributed by atoms with Gasteiger partial charge in [0.2, 0.25) is 6.10 Å². The van der Waals surface area contributed by atoms with Gasteiger partial charge in [-0.15, -0.1) is 0 Å². The van der Waals surface area contributed by atoms with Crippen molar-refractivity contribution in [2.45, 2.75) is 6.10 Å². The van der Waals surface area contributed by atoms with Crippen molar-refractivity contribution in [3.8, 4) is 5.75 Å². The molecule has 3 rings (SSSR count). The van der Waals surface area contributed by atoms with E-state index in [0.29, 0.717) is 16.5 Å². The van der Waals surface area contributed by atoms with Crippen molar-refractivity contribution in [2.24, 2.45) is 9.98 Å². The van der Waals surface area contributed by atoms with Crippen molar-refractivity contribution in [1.29, 1.82) is 0 Å². The molecule has 0 bridgehead atoms. The number of amides is 1. The molecule has 1 aromatic carbocycles. The topological polar surface area (TPSA) is 51.0 Å². The maximum Gasteiger partial charge on any atom is 0.294 e. The lowest BCUT2D eigenvalue weighted by molar-refractivity contribution is -0.121. The predicted octanol–water partition coefficient (Wildman–Crippen LogP) is 1.46. The van der Waals surface area contributed by atoms with E-state index in [1.807, 2.05) is 0 Å². The summed E-state index contributed by atoms with van der Waals surface area (Å²) in [5, 5.41) is 0.593. The van der Waals surface area contributed by atoms with Crippen molar-refractivity contribution in [3.05, 3.63) is 28.8 Å². The molecule has 0 saturated heterocycles. The molecule has 0 fully saturated rings. The molecular weight excluding hydrogens is 216 g/mol. The second-order valence-corrected chi connectivity index (χ2v) is 3.67. The Morgan fingerprint density at radius 3 is 3.13 bits per heavy atom. The molecule has 0 saturated carbocycles. The summed E-state index contributed by atoms with van der Waals surface area (Å²) in [6.45, 7) is 0. The standard InChI is InChI=1S/C10H5ClN2O2/c11-5-1-2-7-6(3-5)8-9(15-7)10(14)13-4-12-8/h1-4,9H/t9-/m0/s1. The van der Waals surface area contributed by atoms with E-state index in [4.69, 9.17) is 16.3 Å². The summed E-state index contributed by atoms with van der Waals surface area (Å²) in [6.07, 6.45) is 0.552. The molecule has 0 spiro atoms. The summed E-state index contributed by atoms with van der Waals surface area (Å²) in [4.78, 5) is 19.0. The Kier molecular flexibility index (Phi) is 1.67. The molecule has 0 N–H and O–H groups in total. The number of nitrogens with zero attached hydrogens (tertiary/aromatic N) is 2. The molecule has 1 amide bonds. The van der Waals surface area contributed by atoms with Gasteiger partial charge in [0.25, 0.3) is 5.91 Å². The van der Waals surface area contributed by atoms with E-state index in [-0.39, 0.29) is 5.91 Å². The Balaban J connectivity index is 2.19. The average molecular weight is 221 g/mol. The second kappa shape index (κ2) is 2.90. The lowest BCUT2D eigenvalue weighted by Gasteiger charge is -2.08. The highest BCUT2D eigenvalue weighted by Crippen LogP contribution is 2.32. The molecule has 2 aliphatic heterocycles. The Morgan fingerprint density at radius 2 is 2.27 bits per heavy atom. The second-order valence-electron chi connectivity index (χ2n) is 3.24. The third-order valence-corrected chi connectivity index (χ3v) is 2.55. The first kappa shape index (κ1) is 8.61. The number of hydrogen-bond acceptors (Lipinski definition) is 3. The first-order chi connectivity index (χ1) is 7.25. The lowest BCUT2D eigenvalue weighted by Crippen LogP contribution is -2.32. The van der Waals surface area contributed by atoms with Gasteiger partial charge < -0.3 is 4.74 Å². The van der Waals surface area contributed by atoms with Crippen LogP contribution in [0.1, 0.15) is 5.56 Å². The lowest BCUT2D eigenvalue weighted by atomic mass is 10.1. The molecule has 74 valence electrons. The number of benzene rings is 1. The summed E-state index contributed by atoms with van der Waals surface area (Å²) in [5.41, 5.74) is 1.36. The van der Waals surface area contributed by atoms with Crippen LogP contribution in [-0.4, -0.2) is 24.1 Å². The van der Waals surface area contributed by atoms with Crippen LogP contribution in [0, 0.1) is 0 Å². The minimum atomic E-state index is -0.691. The van der Waals surface area contributed by atoms with E-state index in [0.717, 1.165) is 5.56 Å². The SMILES string of the molecule is O=C1N=CN=C2c3cc(Cl)ccc3O[C@H]12. The van der Waals surface area contributed by atoms with Crippen LogP contribution in [0.2, 0.25) is 5.02 Å². The smallest absolute Gasteiger partial charge is 0.294 e. The molecule has 0 radical (unpaired) electrons. The van der Waals surface area contributed by atoms with Crippen molar-refractivity contribution >= 4 is 29.6 Å². The highest BCUT2D eigenvalue weighted by Gasteiger charge is 2.37. The number of halogens is 1. The van der Waals surface area contributed by atoms with Crippen LogP contribution in [0.15, 0.2) is 28.2 Å². The van der Waals surface area contributed by atoms with Gasteiger partial charge in [-0.2, -0.15) is 4.99 Å². The van der Waals surface area contributed by atoms with Crippen LogP contribution < -0.4 is 4.74 Å². The molecule has 2 aliphatic rings. The first-order valence-electron chi connectivity index (χ1n) is 4.36. The van der Waals surface area contributed by atoms with Crippen LogP contribution in [0.4, 0.5) is 0 Å². The summed E-state index contributed by atoms with van der Waals surface area (Å²) >= 11 is 5.86. The van der Waals surface area contributed by atoms with Gasteiger partial charge in [0.05, 0.1) is 0 Å². The fraction of sp³-hybridized carbons (Fsp3) is 0.100. The zero-order valence-corrected chi connectivity index (χ0v) is 8.23. The van der Waals surface area contributed by atoms with E-state index in [9.17, 15) is 4.79 Å². The number of ether oxygens (including phenoxy) is 1. The van der Waals surface area contributed by atoms with Gasteiger partial charge in [-0.05, 0) is 18.2 Å². The quantitative estimate of drug-likeness (QED) is 0.665. The molecule has 0 unspecified atom stereocenters. The zero-order chi connectivity index (χ0) is 10.4. The summed E-state index contributed by atoms with van der Waals surface area (Å²) in [7, 11) is 0. The van der Waals surface area contributed by atoms with Crippen LogP contribution in [-0.2, 0) is 4.79 Å². The third kappa shape index (κ3) is 1.18. The van der Waals surface area contributed by atoms with E-state index in [2.05, 4.69) is 9.98 Å². The highest BCUT2D eigenvalue weighted by molar-refractivity contribution is 6.32. The fourth-order valence-electron chi connectivity index (χ4n) is 1.65. The number of hydrogen-bond donors (Lipinski definition) is 0. The summed E-state index contributed by atoms with van der Waals surface area (Å²) in [6, 6.07) is 5.18. The number of aliphatic imine (C=N–C) groups is 2. The molecule has 15 heavy (non-hydrogen) atoms. The maximum atomic E-state index is 11.4. The van der Waals surface area contributed by atoms with E-state index < -0.39 is 6.10 Å². The molecule has 2 heterocycles. The number of rotatable bonds is 0. The van der Waals surface area contributed by atoms with E-state index in [1.165, 1.54) is 6.34 Å².